The van der Waals surface area contributed by atoms with E-state index < -0.39 is 0 Å². The molecule has 0 heterocycles. The molecule has 0 radical (unpaired) electrons. The van der Waals surface area contributed by atoms with Gasteiger partial charge in [-0.3, -0.25) is 0 Å². The standard InChI is InChI=1S/C17H19BrO/c1-4-14-7-8-15(10-17(14)19-3)16-9-13(11-18)6-5-12(16)2/h5-10H,4,11H2,1-3H3. The summed E-state index contributed by atoms with van der Waals surface area (Å²) in [6.07, 6.45) is 0.990. The summed E-state index contributed by atoms with van der Waals surface area (Å²) in [5.41, 5.74) is 6.32. The van der Waals surface area contributed by atoms with Gasteiger partial charge in [-0.05, 0) is 47.2 Å². The molecule has 2 aromatic carbocycles. The van der Waals surface area contributed by atoms with Crippen LogP contribution in [0.15, 0.2) is 36.4 Å². The molecular weight excluding hydrogens is 300 g/mol. The van der Waals surface area contributed by atoms with Crippen LogP contribution in [0, 0.1) is 6.92 Å². The summed E-state index contributed by atoms with van der Waals surface area (Å²) >= 11 is 3.52. The lowest BCUT2D eigenvalue weighted by atomic mass is 9.97. The van der Waals surface area contributed by atoms with Crippen molar-refractivity contribution in [2.75, 3.05) is 7.11 Å². The number of hydrogen-bond donors (Lipinski definition) is 0. The highest BCUT2D eigenvalue weighted by Gasteiger charge is 2.07. The zero-order valence-corrected chi connectivity index (χ0v) is 13.3. The molecule has 2 aromatic rings. The zero-order chi connectivity index (χ0) is 13.8. The minimum atomic E-state index is 0.879. The SMILES string of the molecule is CCc1ccc(-c2cc(CBr)ccc2C)cc1OC. The first-order valence-electron chi connectivity index (χ1n) is 6.52. The van der Waals surface area contributed by atoms with Crippen LogP contribution in [0.2, 0.25) is 0 Å². The fourth-order valence-electron chi connectivity index (χ4n) is 2.27. The monoisotopic (exact) mass is 318 g/mol. The van der Waals surface area contributed by atoms with Gasteiger partial charge < -0.3 is 4.74 Å². The Balaban J connectivity index is 2.52. The summed E-state index contributed by atoms with van der Waals surface area (Å²) < 4.78 is 5.49. The van der Waals surface area contributed by atoms with Crippen LogP contribution in [-0.4, -0.2) is 7.11 Å². The zero-order valence-electron chi connectivity index (χ0n) is 11.7. The van der Waals surface area contributed by atoms with E-state index in [2.05, 4.69) is 66.2 Å². The molecule has 0 amide bonds. The Labute approximate surface area is 123 Å². The summed E-state index contributed by atoms with van der Waals surface area (Å²) in [4.78, 5) is 0. The molecule has 2 heteroatoms. The molecule has 0 aliphatic heterocycles. The lowest BCUT2D eigenvalue weighted by molar-refractivity contribution is 0.410. The number of hydrogen-bond acceptors (Lipinski definition) is 1. The van der Waals surface area contributed by atoms with Crippen molar-refractivity contribution in [1.82, 2.24) is 0 Å². The molecule has 0 unspecified atom stereocenters. The van der Waals surface area contributed by atoms with E-state index in [1.165, 1.54) is 27.8 Å². The second-order valence-electron chi connectivity index (χ2n) is 4.66. The minimum absolute atomic E-state index is 0.879. The molecule has 0 bridgehead atoms. The van der Waals surface area contributed by atoms with Crippen LogP contribution in [-0.2, 0) is 11.8 Å². The number of rotatable bonds is 4. The van der Waals surface area contributed by atoms with Gasteiger partial charge in [0.1, 0.15) is 5.75 Å². The van der Waals surface area contributed by atoms with Crippen LogP contribution in [0.4, 0.5) is 0 Å². The third-order valence-electron chi connectivity index (χ3n) is 3.44. The van der Waals surface area contributed by atoms with Gasteiger partial charge in [-0.25, -0.2) is 0 Å². The van der Waals surface area contributed by atoms with Crippen molar-refractivity contribution >= 4 is 15.9 Å². The maximum Gasteiger partial charge on any atom is 0.122 e. The Morgan fingerprint density at radius 2 is 1.89 bits per heavy atom. The van der Waals surface area contributed by atoms with Crippen LogP contribution in [0.25, 0.3) is 11.1 Å². The van der Waals surface area contributed by atoms with E-state index in [1.54, 1.807) is 7.11 Å². The fourth-order valence-corrected chi connectivity index (χ4v) is 2.62. The summed E-state index contributed by atoms with van der Waals surface area (Å²) in [5, 5.41) is 0.879. The van der Waals surface area contributed by atoms with Crippen molar-refractivity contribution < 1.29 is 4.74 Å². The minimum Gasteiger partial charge on any atom is -0.496 e. The second kappa shape index (κ2) is 6.25. The van der Waals surface area contributed by atoms with Gasteiger partial charge in [0.05, 0.1) is 7.11 Å². The first-order valence-corrected chi connectivity index (χ1v) is 7.64. The molecule has 19 heavy (non-hydrogen) atoms. The number of halogens is 1. The predicted molar refractivity (Wildman–Crippen MR) is 85.2 cm³/mol. The number of aryl methyl sites for hydroxylation is 2. The molecule has 1 nitrogen and oxygen atoms in total. The van der Waals surface area contributed by atoms with Crippen molar-refractivity contribution in [2.24, 2.45) is 0 Å². The molecular formula is C17H19BrO. The third kappa shape index (κ3) is 3.01. The molecule has 0 saturated heterocycles. The average Bonchev–Trinajstić information content (AvgIpc) is 2.47. The van der Waals surface area contributed by atoms with Crippen molar-refractivity contribution in [3.8, 4) is 16.9 Å². The molecule has 0 N–H and O–H groups in total. The lowest BCUT2D eigenvalue weighted by Gasteiger charge is -2.12. The molecule has 0 aliphatic carbocycles. The van der Waals surface area contributed by atoms with Gasteiger partial charge in [0.15, 0.2) is 0 Å². The van der Waals surface area contributed by atoms with Crippen LogP contribution in [0.3, 0.4) is 0 Å². The Hall–Kier alpha value is -1.28. The molecule has 0 spiro atoms. The molecule has 0 saturated carbocycles. The highest BCUT2D eigenvalue weighted by molar-refractivity contribution is 9.08. The predicted octanol–water partition coefficient (Wildman–Crippen LogP) is 5.13. The molecule has 0 atom stereocenters. The summed E-state index contributed by atoms with van der Waals surface area (Å²) in [6.45, 7) is 4.29. The van der Waals surface area contributed by atoms with Crippen LogP contribution < -0.4 is 4.74 Å². The van der Waals surface area contributed by atoms with Gasteiger partial charge in [0.25, 0.3) is 0 Å². The van der Waals surface area contributed by atoms with Gasteiger partial charge in [0, 0.05) is 5.33 Å². The van der Waals surface area contributed by atoms with Gasteiger partial charge in [-0.2, -0.15) is 0 Å². The first kappa shape index (κ1) is 14.1. The van der Waals surface area contributed by atoms with E-state index in [1.807, 2.05) is 0 Å². The lowest BCUT2D eigenvalue weighted by Crippen LogP contribution is -1.92. The molecule has 100 valence electrons. The van der Waals surface area contributed by atoms with Gasteiger partial charge in [-0.1, -0.05) is 53.2 Å². The van der Waals surface area contributed by atoms with Gasteiger partial charge in [0.2, 0.25) is 0 Å². The second-order valence-corrected chi connectivity index (χ2v) is 5.22. The highest BCUT2D eigenvalue weighted by atomic mass is 79.9. The quantitative estimate of drug-likeness (QED) is 0.710. The van der Waals surface area contributed by atoms with Crippen molar-refractivity contribution in [1.29, 1.82) is 0 Å². The van der Waals surface area contributed by atoms with Gasteiger partial charge >= 0.3 is 0 Å². The number of ether oxygens (including phenoxy) is 1. The van der Waals surface area contributed by atoms with E-state index in [-0.39, 0.29) is 0 Å². The van der Waals surface area contributed by atoms with E-state index >= 15 is 0 Å². The Morgan fingerprint density at radius 3 is 2.53 bits per heavy atom. The van der Waals surface area contributed by atoms with Crippen LogP contribution in [0.5, 0.6) is 5.75 Å². The largest absolute Gasteiger partial charge is 0.496 e. The van der Waals surface area contributed by atoms with Crippen molar-refractivity contribution in [2.45, 2.75) is 25.6 Å². The van der Waals surface area contributed by atoms with Crippen LogP contribution in [0.1, 0.15) is 23.6 Å². The Morgan fingerprint density at radius 1 is 1.11 bits per heavy atom. The fraction of sp³-hybridized carbons (Fsp3) is 0.294. The van der Waals surface area contributed by atoms with Crippen molar-refractivity contribution in [3.63, 3.8) is 0 Å². The number of benzene rings is 2. The Kier molecular flexibility index (Phi) is 4.65. The van der Waals surface area contributed by atoms with Gasteiger partial charge in [-0.15, -0.1) is 0 Å². The summed E-state index contributed by atoms with van der Waals surface area (Å²) in [7, 11) is 1.74. The van der Waals surface area contributed by atoms with E-state index in [4.69, 9.17) is 4.74 Å². The summed E-state index contributed by atoms with van der Waals surface area (Å²) in [5.74, 6) is 0.976. The van der Waals surface area contributed by atoms with E-state index in [9.17, 15) is 0 Å². The Bertz CT molecular complexity index is 575. The van der Waals surface area contributed by atoms with E-state index in [0.717, 1.165) is 17.5 Å². The average molecular weight is 319 g/mol. The van der Waals surface area contributed by atoms with E-state index in [0.29, 0.717) is 0 Å². The number of alkyl halides is 1. The topological polar surface area (TPSA) is 9.23 Å². The molecule has 0 fully saturated rings. The number of methoxy groups -OCH3 is 1. The normalized spacial score (nSPS) is 10.5. The maximum absolute atomic E-state index is 5.49. The molecule has 2 rings (SSSR count). The summed E-state index contributed by atoms with van der Waals surface area (Å²) in [6, 6.07) is 13.1. The third-order valence-corrected chi connectivity index (χ3v) is 4.08. The molecule has 0 aliphatic rings. The smallest absolute Gasteiger partial charge is 0.122 e. The van der Waals surface area contributed by atoms with Crippen LogP contribution >= 0.6 is 15.9 Å². The molecule has 0 aromatic heterocycles. The van der Waals surface area contributed by atoms with Crippen molar-refractivity contribution in [3.05, 3.63) is 53.1 Å². The maximum atomic E-state index is 5.49. The highest BCUT2D eigenvalue weighted by Crippen LogP contribution is 2.30. The first-order chi connectivity index (χ1) is 9.19.